The van der Waals surface area contributed by atoms with Gasteiger partial charge < -0.3 is 10.2 Å². The van der Waals surface area contributed by atoms with Crippen molar-refractivity contribution in [2.75, 3.05) is 5.73 Å². The van der Waals surface area contributed by atoms with Gasteiger partial charge in [-0.2, -0.15) is 0 Å². The number of halogens is 2. The third kappa shape index (κ3) is 1.80. The molecule has 1 aromatic heterocycles. The molecule has 3 rings (SSSR count). The van der Waals surface area contributed by atoms with Crippen molar-refractivity contribution in [1.82, 2.24) is 4.98 Å². The summed E-state index contributed by atoms with van der Waals surface area (Å²) in [4.78, 5) is 4.20. The number of hydrogen-bond acceptors (Lipinski definition) is 3. The summed E-state index contributed by atoms with van der Waals surface area (Å²) in [5.41, 5.74) is 7.11. The van der Waals surface area contributed by atoms with Crippen LogP contribution >= 0.6 is 11.6 Å². The molecule has 18 heavy (non-hydrogen) atoms. The van der Waals surface area contributed by atoms with E-state index in [0.29, 0.717) is 22.1 Å². The van der Waals surface area contributed by atoms with Gasteiger partial charge in [-0.15, -0.1) is 0 Å². The summed E-state index contributed by atoms with van der Waals surface area (Å²) in [6.07, 6.45) is 0. The zero-order valence-electron chi connectivity index (χ0n) is 9.15. The Labute approximate surface area is 107 Å². The third-order valence-electron chi connectivity index (χ3n) is 2.56. The van der Waals surface area contributed by atoms with Gasteiger partial charge in [0.15, 0.2) is 11.4 Å². The summed E-state index contributed by atoms with van der Waals surface area (Å²) >= 11 is 5.80. The Kier molecular flexibility index (Phi) is 2.45. The van der Waals surface area contributed by atoms with Crippen molar-refractivity contribution in [2.45, 2.75) is 0 Å². The summed E-state index contributed by atoms with van der Waals surface area (Å²) in [6, 6.07) is 9.73. The van der Waals surface area contributed by atoms with Crippen LogP contribution in [-0.4, -0.2) is 4.98 Å². The van der Waals surface area contributed by atoms with Crippen molar-refractivity contribution >= 4 is 28.4 Å². The molecule has 5 heteroatoms. The van der Waals surface area contributed by atoms with Gasteiger partial charge in [0, 0.05) is 22.3 Å². The number of fused-ring (bicyclic) bond motifs is 1. The number of hydrogen-bond donors (Lipinski definition) is 1. The minimum Gasteiger partial charge on any atom is -0.433 e. The molecule has 0 saturated heterocycles. The molecule has 0 aliphatic rings. The second kappa shape index (κ2) is 3.99. The predicted molar refractivity (Wildman–Crippen MR) is 68.8 cm³/mol. The van der Waals surface area contributed by atoms with E-state index in [1.54, 1.807) is 30.3 Å². The molecule has 0 saturated carbocycles. The Morgan fingerprint density at radius 3 is 2.61 bits per heavy atom. The van der Waals surface area contributed by atoms with E-state index in [0.717, 1.165) is 5.56 Å². The number of nitrogens with two attached hydrogens (primary N) is 1. The molecule has 0 amide bonds. The van der Waals surface area contributed by atoms with Crippen LogP contribution in [0.25, 0.3) is 22.6 Å². The molecule has 0 bridgehead atoms. The molecule has 3 aromatic rings. The van der Waals surface area contributed by atoms with Crippen molar-refractivity contribution in [2.24, 2.45) is 0 Å². The molecule has 3 nitrogen and oxygen atoms in total. The molecule has 0 spiro atoms. The predicted octanol–water partition coefficient (Wildman–Crippen LogP) is 3.87. The summed E-state index contributed by atoms with van der Waals surface area (Å²) in [6.45, 7) is 0. The summed E-state index contributed by atoms with van der Waals surface area (Å²) in [5.74, 6) is -0.177. The topological polar surface area (TPSA) is 52.0 Å². The first-order chi connectivity index (χ1) is 8.63. The fourth-order valence-corrected chi connectivity index (χ4v) is 1.85. The molecule has 0 fully saturated rings. The Morgan fingerprint density at radius 2 is 1.89 bits per heavy atom. The summed E-state index contributed by atoms with van der Waals surface area (Å²) in [7, 11) is 0. The second-order valence-corrected chi connectivity index (χ2v) is 4.31. The van der Waals surface area contributed by atoms with E-state index >= 15 is 0 Å². The molecule has 1 heterocycles. The van der Waals surface area contributed by atoms with Gasteiger partial charge in [-0.1, -0.05) is 11.6 Å². The average Bonchev–Trinajstić information content (AvgIpc) is 2.74. The number of aromatic nitrogens is 1. The number of anilines is 1. The highest BCUT2D eigenvalue weighted by molar-refractivity contribution is 6.30. The smallest absolute Gasteiger partial charge is 0.227 e. The Morgan fingerprint density at radius 1 is 1.17 bits per heavy atom. The van der Waals surface area contributed by atoms with Crippen molar-refractivity contribution in [1.29, 1.82) is 0 Å². The van der Waals surface area contributed by atoms with Gasteiger partial charge in [0.05, 0.1) is 0 Å². The van der Waals surface area contributed by atoms with Crippen molar-refractivity contribution in [3.8, 4) is 11.5 Å². The van der Waals surface area contributed by atoms with Gasteiger partial charge in [-0.3, -0.25) is 0 Å². The number of nitrogen functional groups attached to an aromatic ring is 1. The van der Waals surface area contributed by atoms with Gasteiger partial charge >= 0.3 is 0 Å². The van der Waals surface area contributed by atoms with E-state index in [9.17, 15) is 4.39 Å². The van der Waals surface area contributed by atoms with Crippen LogP contribution in [0.5, 0.6) is 0 Å². The first-order valence-electron chi connectivity index (χ1n) is 5.25. The largest absolute Gasteiger partial charge is 0.433 e. The highest BCUT2D eigenvalue weighted by atomic mass is 35.5. The fraction of sp³-hybridized carbons (Fsp3) is 0. The van der Waals surface area contributed by atoms with E-state index in [-0.39, 0.29) is 5.58 Å². The number of nitrogens with zero attached hydrogens (tertiary/aromatic N) is 1. The molecular formula is C13H8ClFN2O. The first-order valence-corrected chi connectivity index (χ1v) is 5.63. The van der Waals surface area contributed by atoms with Crippen LogP contribution in [0.3, 0.4) is 0 Å². The molecule has 2 aromatic carbocycles. The van der Waals surface area contributed by atoms with Crippen LogP contribution < -0.4 is 5.73 Å². The normalized spacial score (nSPS) is 11.0. The minimum absolute atomic E-state index is 0.106. The van der Waals surface area contributed by atoms with Gasteiger partial charge in [-0.05, 0) is 30.3 Å². The fourth-order valence-electron chi connectivity index (χ4n) is 1.73. The maximum absolute atomic E-state index is 13.6. The summed E-state index contributed by atoms with van der Waals surface area (Å²) < 4.78 is 19.0. The molecule has 0 atom stereocenters. The monoisotopic (exact) mass is 262 g/mol. The lowest BCUT2D eigenvalue weighted by Crippen LogP contribution is -1.86. The van der Waals surface area contributed by atoms with E-state index in [1.165, 1.54) is 6.07 Å². The number of benzene rings is 2. The second-order valence-electron chi connectivity index (χ2n) is 3.88. The van der Waals surface area contributed by atoms with Gasteiger partial charge in [0.2, 0.25) is 5.89 Å². The standard InChI is InChI=1S/C13H8ClFN2O/c14-8-3-1-7(2-4-8)13-17-11-6-9(16)5-10(15)12(11)18-13/h1-6H,16H2. The van der Waals surface area contributed by atoms with E-state index in [4.69, 9.17) is 21.8 Å². The van der Waals surface area contributed by atoms with Crippen molar-refractivity contribution in [3.63, 3.8) is 0 Å². The van der Waals surface area contributed by atoms with E-state index in [2.05, 4.69) is 4.98 Å². The van der Waals surface area contributed by atoms with Crippen LogP contribution in [0.1, 0.15) is 0 Å². The van der Waals surface area contributed by atoms with E-state index in [1.807, 2.05) is 0 Å². The van der Waals surface area contributed by atoms with Gasteiger partial charge in [0.1, 0.15) is 5.52 Å². The van der Waals surface area contributed by atoms with Crippen LogP contribution in [0.15, 0.2) is 40.8 Å². The van der Waals surface area contributed by atoms with Crippen LogP contribution in [0, 0.1) is 5.82 Å². The first kappa shape index (κ1) is 11.0. The van der Waals surface area contributed by atoms with Crippen LogP contribution in [0.4, 0.5) is 10.1 Å². The lowest BCUT2D eigenvalue weighted by molar-refractivity contribution is 0.564. The lowest BCUT2D eigenvalue weighted by atomic mass is 10.2. The third-order valence-corrected chi connectivity index (χ3v) is 2.81. The highest BCUT2D eigenvalue weighted by Crippen LogP contribution is 2.28. The van der Waals surface area contributed by atoms with Crippen molar-refractivity contribution in [3.05, 3.63) is 47.2 Å². The van der Waals surface area contributed by atoms with Gasteiger partial charge in [-0.25, -0.2) is 9.37 Å². The Bertz CT molecular complexity index is 722. The Balaban J connectivity index is 2.19. The zero-order valence-corrected chi connectivity index (χ0v) is 9.91. The van der Waals surface area contributed by atoms with E-state index < -0.39 is 5.82 Å². The summed E-state index contributed by atoms with van der Waals surface area (Å²) in [5, 5.41) is 0.616. The molecule has 0 aliphatic carbocycles. The Hall–Kier alpha value is -2.07. The highest BCUT2D eigenvalue weighted by Gasteiger charge is 2.12. The zero-order chi connectivity index (χ0) is 12.7. The number of rotatable bonds is 1. The maximum Gasteiger partial charge on any atom is 0.227 e. The maximum atomic E-state index is 13.6. The molecule has 0 radical (unpaired) electrons. The van der Waals surface area contributed by atoms with Crippen LogP contribution in [0.2, 0.25) is 5.02 Å². The van der Waals surface area contributed by atoms with Gasteiger partial charge in [0.25, 0.3) is 0 Å². The quantitative estimate of drug-likeness (QED) is 0.677. The molecule has 2 N–H and O–H groups in total. The number of oxazole rings is 1. The van der Waals surface area contributed by atoms with Crippen molar-refractivity contribution < 1.29 is 8.81 Å². The lowest BCUT2D eigenvalue weighted by Gasteiger charge is -1.94. The molecule has 0 aliphatic heterocycles. The molecule has 0 unspecified atom stereocenters. The average molecular weight is 263 g/mol. The SMILES string of the molecule is Nc1cc(F)c2oc(-c3ccc(Cl)cc3)nc2c1. The minimum atomic E-state index is -0.516. The van der Waals surface area contributed by atoms with Crippen LogP contribution in [-0.2, 0) is 0 Å². The molecule has 90 valence electrons. The molecular weight excluding hydrogens is 255 g/mol.